The molecule has 19 heavy (non-hydrogen) atoms. The predicted octanol–water partition coefficient (Wildman–Crippen LogP) is 2.18. The molecular formula is C16H22N2O. The Bertz CT molecular complexity index is 428. The van der Waals surface area contributed by atoms with Crippen molar-refractivity contribution in [2.75, 3.05) is 13.1 Å². The molecule has 1 amide bonds. The van der Waals surface area contributed by atoms with E-state index in [1.165, 1.54) is 12.0 Å². The number of carbonyl (C=O) groups excluding carboxylic acids is 1. The molecule has 1 saturated carbocycles. The van der Waals surface area contributed by atoms with E-state index in [0.717, 1.165) is 38.9 Å². The van der Waals surface area contributed by atoms with Gasteiger partial charge >= 0.3 is 0 Å². The maximum absolute atomic E-state index is 11.8. The van der Waals surface area contributed by atoms with Crippen LogP contribution < -0.4 is 5.32 Å². The highest BCUT2D eigenvalue weighted by Gasteiger charge is 2.31. The van der Waals surface area contributed by atoms with Crippen LogP contribution in [0, 0.1) is 5.92 Å². The molecule has 1 aromatic carbocycles. The van der Waals surface area contributed by atoms with E-state index in [-0.39, 0.29) is 5.91 Å². The molecule has 1 aliphatic heterocycles. The summed E-state index contributed by atoms with van der Waals surface area (Å²) in [7, 11) is 0. The van der Waals surface area contributed by atoms with Crippen LogP contribution >= 0.6 is 0 Å². The Morgan fingerprint density at radius 2 is 2.00 bits per heavy atom. The quantitative estimate of drug-likeness (QED) is 0.897. The summed E-state index contributed by atoms with van der Waals surface area (Å²) >= 11 is 0. The minimum Gasteiger partial charge on any atom is -0.352 e. The van der Waals surface area contributed by atoms with Crippen LogP contribution in [0.15, 0.2) is 30.3 Å². The predicted molar refractivity (Wildman–Crippen MR) is 75.6 cm³/mol. The zero-order valence-electron chi connectivity index (χ0n) is 11.3. The molecule has 1 heterocycles. The summed E-state index contributed by atoms with van der Waals surface area (Å²) in [5.74, 6) is 0.607. The monoisotopic (exact) mass is 258 g/mol. The Morgan fingerprint density at radius 1 is 1.21 bits per heavy atom. The van der Waals surface area contributed by atoms with Gasteiger partial charge in [-0.05, 0) is 37.8 Å². The third-order valence-corrected chi connectivity index (χ3v) is 4.05. The average molecular weight is 258 g/mol. The molecule has 3 rings (SSSR count). The van der Waals surface area contributed by atoms with E-state index in [4.69, 9.17) is 0 Å². The fraction of sp³-hybridized carbons (Fsp3) is 0.562. The molecule has 0 bridgehead atoms. The van der Waals surface area contributed by atoms with Crippen LogP contribution in [0.5, 0.6) is 0 Å². The number of benzene rings is 1. The van der Waals surface area contributed by atoms with Crippen molar-refractivity contribution in [3.05, 3.63) is 35.9 Å². The lowest BCUT2D eigenvalue weighted by atomic mass is 10.0. The molecule has 1 N–H and O–H groups in total. The van der Waals surface area contributed by atoms with Crippen molar-refractivity contribution in [1.29, 1.82) is 0 Å². The van der Waals surface area contributed by atoms with E-state index < -0.39 is 0 Å². The van der Waals surface area contributed by atoms with Gasteiger partial charge in [0.25, 0.3) is 0 Å². The molecular weight excluding hydrogens is 236 g/mol. The summed E-state index contributed by atoms with van der Waals surface area (Å²) in [4.78, 5) is 14.3. The minimum absolute atomic E-state index is 0.284. The summed E-state index contributed by atoms with van der Waals surface area (Å²) in [6, 6.07) is 10.9. The van der Waals surface area contributed by atoms with Crippen LogP contribution in [0.2, 0.25) is 0 Å². The summed E-state index contributed by atoms with van der Waals surface area (Å²) in [5, 5.41) is 3.22. The molecule has 1 saturated heterocycles. The topological polar surface area (TPSA) is 32.3 Å². The summed E-state index contributed by atoms with van der Waals surface area (Å²) in [5.41, 5.74) is 1.36. The molecule has 2 fully saturated rings. The molecule has 102 valence electrons. The first-order valence-corrected chi connectivity index (χ1v) is 7.38. The highest BCUT2D eigenvalue weighted by Crippen LogP contribution is 2.29. The Kier molecular flexibility index (Phi) is 3.83. The molecule has 1 atom stereocenters. The van der Waals surface area contributed by atoms with Gasteiger partial charge < -0.3 is 5.32 Å². The maximum atomic E-state index is 11.8. The van der Waals surface area contributed by atoms with Crippen molar-refractivity contribution in [2.24, 2.45) is 5.92 Å². The standard InChI is InChI=1S/C16H22N2O/c19-16(14-8-9-14)17-15-7-4-10-18(12-15)11-13-5-2-1-3-6-13/h1-3,5-6,14-15H,4,7-12H2,(H,17,19). The largest absolute Gasteiger partial charge is 0.352 e. The molecule has 3 heteroatoms. The Balaban J connectivity index is 1.51. The van der Waals surface area contributed by atoms with Crippen LogP contribution in [-0.4, -0.2) is 29.9 Å². The Hall–Kier alpha value is -1.35. The number of carbonyl (C=O) groups is 1. The smallest absolute Gasteiger partial charge is 0.223 e. The fourth-order valence-electron chi connectivity index (χ4n) is 2.82. The Labute approximate surface area is 115 Å². The molecule has 1 unspecified atom stereocenters. The minimum atomic E-state index is 0.284. The second-order valence-electron chi connectivity index (χ2n) is 5.84. The number of likely N-dealkylation sites (tertiary alicyclic amines) is 1. The van der Waals surface area contributed by atoms with E-state index in [9.17, 15) is 4.79 Å². The molecule has 0 aromatic heterocycles. The van der Waals surface area contributed by atoms with Crippen LogP contribution in [0.3, 0.4) is 0 Å². The van der Waals surface area contributed by atoms with E-state index in [2.05, 4.69) is 40.5 Å². The maximum Gasteiger partial charge on any atom is 0.223 e. The van der Waals surface area contributed by atoms with Gasteiger partial charge in [-0.15, -0.1) is 0 Å². The van der Waals surface area contributed by atoms with Crippen molar-refractivity contribution in [2.45, 2.75) is 38.3 Å². The number of nitrogens with one attached hydrogen (secondary N) is 1. The van der Waals surface area contributed by atoms with Crippen molar-refractivity contribution in [3.63, 3.8) is 0 Å². The zero-order valence-corrected chi connectivity index (χ0v) is 11.3. The first kappa shape index (κ1) is 12.7. The van der Waals surface area contributed by atoms with Crippen LogP contribution in [0.25, 0.3) is 0 Å². The first-order chi connectivity index (χ1) is 9.31. The SMILES string of the molecule is O=C(NC1CCCN(Cc2ccccc2)C1)C1CC1. The number of nitrogens with zero attached hydrogens (tertiary/aromatic N) is 1. The van der Waals surface area contributed by atoms with Gasteiger partial charge in [-0.25, -0.2) is 0 Å². The van der Waals surface area contributed by atoms with Crippen molar-refractivity contribution >= 4 is 5.91 Å². The molecule has 1 aromatic rings. The Morgan fingerprint density at radius 3 is 2.74 bits per heavy atom. The summed E-state index contributed by atoms with van der Waals surface area (Å²) in [6.45, 7) is 3.13. The number of rotatable bonds is 4. The summed E-state index contributed by atoms with van der Waals surface area (Å²) < 4.78 is 0. The first-order valence-electron chi connectivity index (χ1n) is 7.38. The van der Waals surface area contributed by atoms with Crippen molar-refractivity contribution in [1.82, 2.24) is 10.2 Å². The number of hydrogen-bond acceptors (Lipinski definition) is 2. The van der Waals surface area contributed by atoms with Gasteiger partial charge in [0.05, 0.1) is 0 Å². The lowest BCUT2D eigenvalue weighted by Gasteiger charge is -2.33. The normalized spacial score (nSPS) is 24.1. The third kappa shape index (κ3) is 3.57. The number of piperidine rings is 1. The van der Waals surface area contributed by atoms with Gasteiger partial charge in [-0.1, -0.05) is 30.3 Å². The second kappa shape index (κ2) is 5.74. The van der Waals surface area contributed by atoms with E-state index in [1.807, 2.05) is 0 Å². The number of amides is 1. The fourth-order valence-corrected chi connectivity index (χ4v) is 2.82. The van der Waals surface area contributed by atoms with Crippen molar-refractivity contribution in [3.8, 4) is 0 Å². The molecule has 2 aliphatic rings. The third-order valence-electron chi connectivity index (χ3n) is 4.05. The van der Waals surface area contributed by atoms with Crippen LogP contribution in [-0.2, 0) is 11.3 Å². The second-order valence-corrected chi connectivity index (χ2v) is 5.84. The highest BCUT2D eigenvalue weighted by molar-refractivity contribution is 5.81. The van der Waals surface area contributed by atoms with Gasteiger partial charge in [0.15, 0.2) is 0 Å². The van der Waals surface area contributed by atoms with Gasteiger partial charge in [-0.2, -0.15) is 0 Å². The van der Waals surface area contributed by atoms with E-state index in [0.29, 0.717) is 12.0 Å². The molecule has 3 nitrogen and oxygen atoms in total. The van der Waals surface area contributed by atoms with Gasteiger partial charge in [0, 0.05) is 25.0 Å². The zero-order chi connectivity index (χ0) is 13.1. The van der Waals surface area contributed by atoms with Crippen molar-refractivity contribution < 1.29 is 4.79 Å². The lowest BCUT2D eigenvalue weighted by molar-refractivity contribution is -0.123. The van der Waals surface area contributed by atoms with E-state index in [1.54, 1.807) is 0 Å². The van der Waals surface area contributed by atoms with Gasteiger partial charge in [-0.3, -0.25) is 9.69 Å². The van der Waals surface area contributed by atoms with Gasteiger partial charge in [0.1, 0.15) is 0 Å². The van der Waals surface area contributed by atoms with Crippen LogP contribution in [0.1, 0.15) is 31.2 Å². The average Bonchev–Trinajstić information content (AvgIpc) is 3.24. The van der Waals surface area contributed by atoms with E-state index >= 15 is 0 Å². The lowest BCUT2D eigenvalue weighted by Crippen LogP contribution is -2.47. The summed E-state index contributed by atoms with van der Waals surface area (Å²) in [6.07, 6.45) is 4.49. The van der Waals surface area contributed by atoms with Gasteiger partial charge in [0.2, 0.25) is 5.91 Å². The highest BCUT2D eigenvalue weighted by atomic mass is 16.2. The molecule has 0 radical (unpaired) electrons. The van der Waals surface area contributed by atoms with Crippen LogP contribution in [0.4, 0.5) is 0 Å². The molecule has 1 aliphatic carbocycles. The molecule has 0 spiro atoms. The number of hydrogen-bond donors (Lipinski definition) is 1.